The zero-order valence-corrected chi connectivity index (χ0v) is 10.6. The first-order valence-electron chi connectivity index (χ1n) is 6.16. The maximum atomic E-state index is 12.0. The molecule has 18 heavy (non-hydrogen) atoms. The second-order valence-corrected chi connectivity index (χ2v) is 4.52. The SMILES string of the molecule is CN(CCC#N)C(=O)CN1CCc2ccccc21. The number of amides is 1. The average Bonchev–Trinajstić information content (AvgIpc) is 2.79. The molecule has 0 N–H and O–H groups in total. The summed E-state index contributed by atoms with van der Waals surface area (Å²) < 4.78 is 0. The highest BCUT2D eigenvalue weighted by Gasteiger charge is 2.21. The molecule has 0 aromatic heterocycles. The monoisotopic (exact) mass is 243 g/mol. The molecule has 0 spiro atoms. The topological polar surface area (TPSA) is 47.3 Å². The minimum absolute atomic E-state index is 0.0713. The van der Waals surface area contributed by atoms with Gasteiger partial charge in [0, 0.05) is 25.8 Å². The lowest BCUT2D eigenvalue weighted by Crippen LogP contribution is -2.38. The van der Waals surface area contributed by atoms with Crippen LogP contribution in [-0.4, -0.2) is 37.5 Å². The van der Waals surface area contributed by atoms with Crippen LogP contribution < -0.4 is 4.90 Å². The summed E-state index contributed by atoms with van der Waals surface area (Å²) in [4.78, 5) is 15.7. The highest BCUT2D eigenvalue weighted by atomic mass is 16.2. The third-order valence-corrected chi connectivity index (χ3v) is 3.29. The van der Waals surface area contributed by atoms with Gasteiger partial charge in [0.05, 0.1) is 19.0 Å². The first kappa shape index (κ1) is 12.4. The zero-order valence-electron chi connectivity index (χ0n) is 10.6. The van der Waals surface area contributed by atoms with E-state index in [1.807, 2.05) is 12.1 Å². The number of hydrogen-bond donors (Lipinski definition) is 0. The van der Waals surface area contributed by atoms with Crippen molar-refractivity contribution in [3.63, 3.8) is 0 Å². The molecular weight excluding hydrogens is 226 g/mol. The average molecular weight is 243 g/mol. The van der Waals surface area contributed by atoms with Crippen LogP contribution in [0.4, 0.5) is 5.69 Å². The number of likely N-dealkylation sites (N-methyl/N-ethyl adjacent to an activating group) is 1. The Hall–Kier alpha value is -2.02. The summed E-state index contributed by atoms with van der Waals surface area (Å²) >= 11 is 0. The van der Waals surface area contributed by atoms with Gasteiger partial charge in [-0.15, -0.1) is 0 Å². The molecule has 0 fully saturated rings. The summed E-state index contributed by atoms with van der Waals surface area (Å²) in [6.45, 7) is 1.81. The first-order valence-corrected chi connectivity index (χ1v) is 6.16. The highest BCUT2D eigenvalue weighted by molar-refractivity contribution is 5.82. The lowest BCUT2D eigenvalue weighted by atomic mass is 10.2. The fourth-order valence-electron chi connectivity index (χ4n) is 2.20. The minimum atomic E-state index is 0.0713. The molecule has 1 heterocycles. The number of benzene rings is 1. The van der Waals surface area contributed by atoms with Crippen molar-refractivity contribution in [1.82, 2.24) is 4.90 Å². The van der Waals surface area contributed by atoms with Crippen molar-refractivity contribution in [1.29, 1.82) is 5.26 Å². The Bertz CT molecular complexity index is 478. The molecule has 94 valence electrons. The summed E-state index contributed by atoms with van der Waals surface area (Å²) in [5.74, 6) is 0.0713. The highest BCUT2D eigenvalue weighted by Crippen LogP contribution is 2.26. The summed E-state index contributed by atoms with van der Waals surface area (Å²) in [6.07, 6.45) is 1.39. The molecule has 2 rings (SSSR count). The van der Waals surface area contributed by atoms with E-state index in [2.05, 4.69) is 23.1 Å². The molecule has 0 saturated carbocycles. The van der Waals surface area contributed by atoms with E-state index in [1.54, 1.807) is 11.9 Å². The quantitative estimate of drug-likeness (QED) is 0.803. The van der Waals surface area contributed by atoms with Crippen molar-refractivity contribution in [2.75, 3.05) is 31.6 Å². The van der Waals surface area contributed by atoms with E-state index < -0.39 is 0 Å². The predicted molar refractivity (Wildman–Crippen MR) is 70.2 cm³/mol. The first-order chi connectivity index (χ1) is 8.72. The van der Waals surface area contributed by atoms with E-state index >= 15 is 0 Å². The standard InChI is InChI=1S/C14H17N3O/c1-16(9-4-8-15)14(18)11-17-10-7-12-5-2-3-6-13(12)17/h2-3,5-6H,4,7,9-11H2,1H3. The van der Waals surface area contributed by atoms with Crippen molar-refractivity contribution in [3.05, 3.63) is 29.8 Å². The summed E-state index contributed by atoms with van der Waals surface area (Å²) in [5.41, 5.74) is 2.48. The summed E-state index contributed by atoms with van der Waals surface area (Å²) in [5, 5.41) is 8.51. The minimum Gasteiger partial charge on any atom is -0.362 e. The van der Waals surface area contributed by atoms with E-state index in [0.717, 1.165) is 13.0 Å². The fraction of sp³-hybridized carbons (Fsp3) is 0.429. The van der Waals surface area contributed by atoms with E-state index in [9.17, 15) is 4.79 Å². The Balaban J connectivity index is 1.95. The number of nitriles is 1. The van der Waals surface area contributed by atoms with Crippen LogP contribution in [0.1, 0.15) is 12.0 Å². The third kappa shape index (κ3) is 2.62. The van der Waals surface area contributed by atoms with Gasteiger partial charge in [-0.05, 0) is 18.1 Å². The summed E-state index contributed by atoms with van der Waals surface area (Å²) in [7, 11) is 1.75. The maximum Gasteiger partial charge on any atom is 0.241 e. The van der Waals surface area contributed by atoms with Crippen LogP contribution in [0.3, 0.4) is 0 Å². The Kier molecular flexibility index (Phi) is 3.83. The van der Waals surface area contributed by atoms with Gasteiger partial charge in [0.25, 0.3) is 0 Å². The molecule has 1 aliphatic heterocycles. The molecule has 0 aliphatic carbocycles. The second-order valence-electron chi connectivity index (χ2n) is 4.52. The van der Waals surface area contributed by atoms with Crippen molar-refractivity contribution in [3.8, 4) is 6.07 Å². The van der Waals surface area contributed by atoms with Gasteiger partial charge in [0.1, 0.15) is 0 Å². The number of carbonyl (C=O) groups excluding carboxylic acids is 1. The van der Waals surface area contributed by atoms with E-state index in [4.69, 9.17) is 5.26 Å². The molecule has 1 aromatic carbocycles. The van der Waals surface area contributed by atoms with Crippen LogP contribution in [0, 0.1) is 11.3 Å². The van der Waals surface area contributed by atoms with Crippen molar-refractivity contribution >= 4 is 11.6 Å². The van der Waals surface area contributed by atoms with Gasteiger partial charge >= 0.3 is 0 Å². The molecule has 0 radical (unpaired) electrons. The molecule has 0 unspecified atom stereocenters. The second kappa shape index (κ2) is 5.54. The number of fused-ring (bicyclic) bond motifs is 1. The number of nitrogens with zero attached hydrogens (tertiary/aromatic N) is 3. The molecule has 0 bridgehead atoms. The van der Waals surface area contributed by atoms with Crippen molar-refractivity contribution in [2.45, 2.75) is 12.8 Å². The van der Waals surface area contributed by atoms with Gasteiger partial charge in [-0.1, -0.05) is 18.2 Å². The summed E-state index contributed by atoms with van der Waals surface area (Å²) in [6, 6.07) is 10.3. The Labute approximate surface area is 107 Å². The zero-order chi connectivity index (χ0) is 13.0. The molecule has 4 heteroatoms. The van der Waals surface area contributed by atoms with Crippen LogP contribution in [0.2, 0.25) is 0 Å². The molecule has 0 atom stereocenters. The van der Waals surface area contributed by atoms with E-state index in [1.165, 1.54) is 11.3 Å². The molecular formula is C14H17N3O. The van der Waals surface area contributed by atoms with Crippen LogP contribution in [-0.2, 0) is 11.2 Å². The number of para-hydroxylation sites is 1. The molecule has 0 saturated heterocycles. The van der Waals surface area contributed by atoms with Gasteiger partial charge < -0.3 is 9.80 Å². The van der Waals surface area contributed by atoms with Gasteiger partial charge in [-0.3, -0.25) is 4.79 Å². The number of rotatable bonds is 4. The lowest BCUT2D eigenvalue weighted by Gasteiger charge is -2.22. The normalized spacial score (nSPS) is 13.0. The van der Waals surface area contributed by atoms with Gasteiger partial charge in [-0.2, -0.15) is 5.26 Å². The molecule has 1 aliphatic rings. The molecule has 1 amide bonds. The van der Waals surface area contributed by atoms with Crippen molar-refractivity contribution < 1.29 is 4.79 Å². The maximum absolute atomic E-state index is 12.0. The molecule has 1 aromatic rings. The van der Waals surface area contributed by atoms with Gasteiger partial charge in [-0.25, -0.2) is 0 Å². The smallest absolute Gasteiger partial charge is 0.241 e. The van der Waals surface area contributed by atoms with Gasteiger partial charge in [0.15, 0.2) is 0 Å². The predicted octanol–water partition coefficient (Wildman–Crippen LogP) is 1.42. The van der Waals surface area contributed by atoms with Crippen LogP contribution in [0.15, 0.2) is 24.3 Å². The van der Waals surface area contributed by atoms with E-state index in [0.29, 0.717) is 19.5 Å². The van der Waals surface area contributed by atoms with Gasteiger partial charge in [0.2, 0.25) is 5.91 Å². The number of carbonyl (C=O) groups is 1. The largest absolute Gasteiger partial charge is 0.362 e. The lowest BCUT2D eigenvalue weighted by molar-refractivity contribution is -0.128. The third-order valence-electron chi connectivity index (χ3n) is 3.29. The van der Waals surface area contributed by atoms with E-state index in [-0.39, 0.29) is 5.91 Å². The molecule has 4 nitrogen and oxygen atoms in total. The number of anilines is 1. The Morgan fingerprint density at radius 2 is 2.28 bits per heavy atom. The van der Waals surface area contributed by atoms with Crippen molar-refractivity contribution in [2.24, 2.45) is 0 Å². The Morgan fingerprint density at radius 1 is 1.50 bits per heavy atom. The van der Waals surface area contributed by atoms with Crippen LogP contribution in [0.25, 0.3) is 0 Å². The Morgan fingerprint density at radius 3 is 3.06 bits per heavy atom. The fourth-order valence-corrected chi connectivity index (χ4v) is 2.20. The van der Waals surface area contributed by atoms with Crippen LogP contribution in [0.5, 0.6) is 0 Å². The number of hydrogen-bond acceptors (Lipinski definition) is 3. The van der Waals surface area contributed by atoms with Crippen LogP contribution >= 0.6 is 0 Å².